The summed E-state index contributed by atoms with van der Waals surface area (Å²) in [4.78, 5) is 0. The lowest BCUT2D eigenvalue weighted by atomic mass is 9.97. The number of hydrogen-bond acceptors (Lipinski definition) is 2. The Morgan fingerprint density at radius 2 is 0.900 bits per heavy atom. The van der Waals surface area contributed by atoms with Crippen LogP contribution in [0, 0.1) is 0 Å². The average molecular weight is 708 g/mol. The maximum absolute atomic E-state index is 8.44. The predicted octanol–water partition coefficient (Wildman–Crippen LogP) is 11.8. The van der Waals surface area contributed by atoms with Gasteiger partial charge in [-0.1, -0.05) is 149 Å². The molecular formula is C46H33BBrO2. The van der Waals surface area contributed by atoms with Gasteiger partial charge in [0.15, 0.2) is 0 Å². The van der Waals surface area contributed by atoms with Gasteiger partial charge in [-0.25, -0.2) is 0 Å². The third-order valence-electron chi connectivity index (χ3n) is 9.55. The third kappa shape index (κ3) is 6.61. The summed E-state index contributed by atoms with van der Waals surface area (Å²) in [6.45, 7) is 0. The largest absolute Gasteiger partial charge is 0.569 e. The second kappa shape index (κ2) is 14.2. The Kier molecular flexibility index (Phi) is 9.04. The third-order valence-corrected chi connectivity index (χ3v) is 10.0. The molecule has 10 rings (SSSR count). The number of rotatable bonds is 3. The first kappa shape index (κ1) is 31.8. The number of halogens is 1. The Morgan fingerprint density at radius 1 is 0.420 bits per heavy atom. The predicted molar refractivity (Wildman–Crippen MR) is 213 cm³/mol. The highest BCUT2D eigenvalue weighted by Gasteiger charge is 2.19. The van der Waals surface area contributed by atoms with Crippen LogP contribution in [0.2, 0.25) is 0 Å². The molecule has 239 valence electrons. The van der Waals surface area contributed by atoms with Crippen LogP contribution in [0.3, 0.4) is 0 Å². The van der Waals surface area contributed by atoms with Gasteiger partial charge < -0.3 is 9.68 Å². The van der Waals surface area contributed by atoms with Gasteiger partial charge in [0, 0.05) is 4.47 Å². The molecule has 0 bridgehead atoms. The molecule has 0 saturated carbocycles. The van der Waals surface area contributed by atoms with Crippen molar-refractivity contribution in [2.24, 2.45) is 0 Å². The van der Waals surface area contributed by atoms with Crippen LogP contribution < -0.4 is 4.65 Å². The lowest BCUT2D eigenvalue weighted by molar-refractivity contribution is 0.454. The maximum Gasteiger partial charge on any atom is 0.569 e. The molecule has 0 unspecified atom stereocenters. The normalized spacial score (nSPS) is 11.6. The Balaban J connectivity index is 0.000000115. The molecule has 4 heteroatoms. The molecule has 0 atom stereocenters. The van der Waals surface area contributed by atoms with Crippen molar-refractivity contribution in [2.75, 3.05) is 0 Å². The number of fused-ring (bicyclic) bond motifs is 8. The fraction of sp³-hybridized carbons (Fsp3) is 0.0435. The maximum atomic E-state index is 8.44. The quantitative estimate of drug-likeness (QED) is 0.185. The molecule has 0 spiro atoms. The van der Waals surface area contributed by atoms with E-state index < -0.39 is 0 Å². The van der Waals surface area contributed by atoms with E-state index >= 15 is 0 Å². The summed E-state index contributed by atoms with van der Waals surface area (Å²) in [7, 11) is 0.685. The molecule has 2 nitrogen and oxygen atoms in total. The van der Waals surface area contributed by atoms with E-state index in [9.17, 15) is 0 Å². The van der Waals surface area contributed by atoms with Crippen molar-refractivity contribution in [1.29, 1.82) is 0 Å². The molecule has 2 aliphatic carbocycles. The molecule has 0 amide bonds. The second-order valence-electron chi connectivity index (χ2n) is 12.6. The summed E-state index contributed by atoms with van der Waals surface area (Å²) in [5, 5.41) is 13.3. The minimum absolute atomic E-state index is 0.640. The van der Waals surface area contributed by atoms with Gasteiger partial charge in [0.05, 0.1) is 0 Å². The zero-order chi connectivity index (χ0) is 33.9. The average Bonchev–Trinajstić information content (AvgIpc) is 3.73. The van der Waals surface area contributed by atoms with Crippen molar-refractivity contribution >= 4 is 45.2 Å². The van der Waals surface area contributed by atoms with Crippen molar-refractivity contribution in [3.05, 3.63) is 197 Å². The summed E-state index contributed by atoms with van der Waals surface area (Å²) in [5.74, 6) is 0.640. The number of benzene rings is 8. The van der Waals surface area contributed by atoms with Crippen molar-refractivity contribution in [2.45, 2.75) is 12.8 Å². The van der Waals surface area contributed by atoms with Crippen LogP contribution in [0.5, 0.6) is 5.75 Å². The first-order valence-corrected chi connectivity index (χ1v) is 17.6. The second-order valence-corrected chi connectivity index (χ2v) is 13.6. The molecule has 2 aliphatic rings. The first-order chi connectivity index (χ1) is 24.6. The van der Waals surface area contributed by atoms with Gasteiger partial charge in [0.1, 0.15) is 5.75 Å². The van der Waals surface area contributed by atoms with Crippen LogP contribution in [0.25, 0.3) is 54.9 Å². The summed E-state index contributed by atoms with van der Waals surface area (Å²) in [6, 6.07) is 59.7. The molecule has 0 fully saturated rings. The van der Waals surface area contributed by atoms with Gasteiger partial charge in [-0.05, 0) is 126 Å². The van der Waals surface area contributed by atoms with Crippen molar-refractivity contribution < 1.29 is 9.68 Å². The smallest absolute Gasteiger partial charge is 0.537 e. The summed E-state index contributed by atoms with van der Waals surface area (Å²) >= 11 is 3.52. The Morgan fingerprint density at radius 3 is 1.56 bits per heavy atom. The van der Waals surface area contributed by atoms with Crippen LogP contribution in [-0.2, 0) is 12.8 Å². The van der Waals surface area contributed by atoms with E-state index in [0.29, 0.717) is 13.4 Å². The summed E-state index contributed by atoms with van der Waals surface area (Å²) in [6.07, 6.45) is 2.14. The summed E-state index contributed by atoms with van der Waals surface area (Å²) < 4.78 is 6.00. The van der Waals surface area contributed by atoms with E-state index in [2.05, 4.69) is 143 Å². The zero-order valence-corrected chi connectivity index (χ0v) is 29.0. The van der Waals surface area contributed by atoms with E-state index in [0.717, 1.165) is 28.1 Å². The lowest BCUT2D eigenvalue weighted by Gasteiger charge is -2.07. The highest BCUT2D eigenvalue weighted by Crippen LogP contribution is 2.40. The van der Waals surface area contributed by atoms with Gasteiger partial charge in [-0.15, -0.1) is 0 Å². The van der Waals surface area contributed by atoms with Crippen LogP contribution in [0.4, 0.5) is 0 Å². The lowest BCUT2D eigenvalue weighted by Crippen LogP contribution is -1.99. The van der Waals surface area contributed by atoms with E-state index in [-0.39, 0.29) is 0 Å². The summed E-state index contributed by atoms with van der Waals surface area (Å²) in [5.41, 5.74) is 13.9. The SMILES string of the molecule is Brc1ccc2c(c1)-c1ccccc1C2.O[B]Oc1ccc2ccccc2c1.c1ccc2c(c1)Cc1ccc(-c3ccc4ccccc4c3)cc1-2. The highest BCUT2D eigenvalue weighted by molar-refractivity contribution is 9.10. The van der Waals surface area contributed by atoms with Crippen LogP contribution in [0.15, 0.2) is 174 Å². The molecule has 0 aliphatic heterocycles. The van der Waals surface area contributed by atoms with Gasteiger partial charge in [0.25, 0.3) is 0 Å². The molecule has 1 N–H and O–H groups in total. The highest BCUT2D eigenvalue weighted by atomic mass is 79.9. The minimum atomic E-state index is 0.640. The molecular weight excluding hydrogens is 675 g/mol. The van der Waals surface area contributed by atoms with Gasteiger partial charge in [0.2, 0.25) is 0 Å². The number of hydrogen-bond donors (Lipinski definition) is 1. The molecule has 8 aromatic rings. The van der Waals surface area contributed by atoms with E-state index in [1.165, 1.54) is 66.4 Å². The first-order valence-electron chi connectivity index (χ1n) is 16.8. The molecule has 0 saturated heterocycles. The standard InChI is InChI=1S/C23H16.C13H9Br.C10H8BO2/c1-2-6-17-13-18(10-9-16(17)5-1)19-11-12-21-14-20-7-3-4-8-22(20)23(21)15-19;14-11-6-5-10-7-9-3-1-2-4-12(9)13(10)8-11;12-11-13-10-6-5-8-3-1-2-4-9(8)7-10/h1-13,15H,14H2;1-6,8H,7H2;1-7,12H. The monoisotopic (exact) mass is 707 g/mol. The van der Waals surface area contributed by atoms with E-state index in [4.69, 9.17) is 9.68 Å². The molecule has 8 aromatic carbocycles. The van der Waals surface area contributed by atoms with Gasteiger partial charge >= 0.3 is 7.69 Å². The Bertz CT molecular complexity index is 2490. The van der Waals surface area contributed by atoms with E-state index in [1.54, 1.807) is 0 Å². The van der Waals surface area contributed by atoms with Crippen molar-refractivity contribution in [1.82, 2.24) is 0 Å². The molecule has 0 heterocycles. The topological polar surface area (TPSA) is 29.5 Å². The molecule has 50 heavy (non-hydrogen) atoms. The zero-order valence-electron chi connectivity index (χ0n) is 27.4. The van der Waals surface area contributed by atoms with Crippen LogP contribution in [-0.4, -0.2) is 12.7 Å². The van der Waals surface area contributed by atoms with Crippen molar-refractivity contribution in [3.63, 3.8) is 0 Å². The van der Waals surface area contributed by atoms with Gasteiger partial charge in [-0.2, -0.15) is 0 Å². The minimum Gasteiger partial charge on any atom is -0.537 e. The fourth-order valence-electron chi connectivity index (χ4n) is 7.07. The molecule has 0 aromatic heterocycles. The van der Waals surface area contributed by atoms with Crippen LogP contribution in [0.1, 0.15) is 22.3 Å². The molecule has 1 radical (unpaired) electrons. The van der Waals surface area contributed by atoms with Gasteiger partial charge in [-0.3, -0.25) is 0 Å². The Hall–Kier alpha value is -5.42. The Labute approximate surface area is 302 Å². The van der Waals surface area contributed by atoms with E-state index in [1.807, 2.05) is 42.5 Å². The van der Waals surface area contributed by atoms with Crippen LogP contribution >= 0.6 is 15.9 Å². The fourth-order valence-corrected chi connectivity index (χ4v) is 7.43. The van der Waals surface area contributed by atoms with Crippen molar-refractivity contribution in [3.8, 4) is 39.1 Å².